The van der Waals surface area contributed by atoms with E-state index in [0.29, 0.717) is 45.7 Å². The molecule has 2 heterocycles. The second-order valence-corrected chi connectivity index (χ2v) is 6.55. The lowest BCUT2D eigenvalue weighted by Crippen LogP contribution is -2.31. The Labute approximate surface area is 161 Å². The maximum atomic E-state index is 13.2. The highest BCUT2D eigenvalue weighted by Gasteiger charge is 2.27. The predicted octanol–water partition coefficient (Wildman–Crippen LogP) is 5.01. The Kier molecular flexibility index (Phi) is 5.59. The van der Waals surface area contributed by atoms with E-state index in [1.165, 1.54) is 0 Å². The summed E-state index contributed by atoms with van der Waals surface area (Å²) in [5, 5.41) is 4.88. The fourth-order valence-corrected chi connectivity index (χ4v) is 3.29. The van der Waals surface area contributed by atoms with Gasteiger partial charge < -0.3 is 9.42 Å². The molecule has 0 bridgehead atoms. The second kappa shape index (κ2) is 7.89. The van der Waals surface area contributed by atoms with Crippen molar-refractivity contribution in [2.75, 3.05) is 6.54 Å². The summed E-state index contributed by atoms with van der Waals surface area (Å²) in [6.45, 7) is 4.61. The fraction of sp³-hybridized carbons (Fsp3) is 0.211. The number of aromatic nitrogens is 2. The molecular formula is C19H17Cl2N3O2. The van der Waals surface area contributed by atoms with E-state index in [-0.39, 0.29) is 5.91 Å². The molecule has 0 aliphatic heterocycles. The summed E-state index contributed by atoms with van der Waals surface area (Å²) >= 11 is 12.6. The van der Waals surface area contributed by atoms with Gasteiger partial charge in [-0.05, 0) is 43.7 Å². The molecular weight excluding hydrogens is 373 g/mol. The number of hydrogen-bond donors (Lipinski definition) is 0. The smallest absolute Gasteiger partial charge is 0.260 e. The van der Waals surface area contributed by atoms with Gasteiger partial charge in [-0.25, -0.2) is 0 Å². The first kappa shape index (κ1) is 18.4. The molecule has 2 aromatic heterocycles. The molecule has 0 atom stereocenters. The van der Waals surface area contributed by atoms with Gasteiger partial charge in [0.05, 0.1) is 10.0 Å². The monoisotopic (exact) mass is 389 g/mol. The van der Waals surface area contributed by atoms with Crippen molar-refractivity contribution in [1.82, 2.24) is 15.0 Å². The van der Waals surface area contributed by atoms with Crippen LogP contribution < -0.4 is 0 Å². The zero-order valence-corrected chi connectivity index (χ0v) is 15.9. The van der Waals surface area contributed by atoms with Gasteiger partial charge in [0.15, 0.2) is 0 Å². The summed E-state index contributed by atoms with van der Waals surface area (Å²) in [5.41, 5.74) is 2.21. The molecule has 0 fully saturated rings. The number of carbonyl (C=O) groups excluding carboxylic acids is 1. The fourth-order valence-electron chi connectivity index (χ4n) is 2.71. The maximum Gasteiger partial charge on any atom is 0.260 e. The minimum atomic E-state index is -0.186. The largest absolute Gasteiger partial charge is 0.360 e. The van der Waals surface area contributed by atoms with Gasteiger partial charge in [0.2, 0.25) is 0 Å². The standard InChI is InChI=1S/C19H17Cl2N3O2/c1-3-24(11-13-7-9-22-10-8-13)19(25)16-12(2)26-23-18(16)17-14(20)5-4-6-15(17)21/h4-10H,3,11H2,1-2H3. The number of benzene rings is 1. The van der Waals surface area contributed by atoms with Crippen LogP contribution in [0.2, 0.25) is 10.0 Å². The molecule has 0 aliphatic rings. The number of aryl methyl sites for hydroxylation is 1. The topological polar surface area (TPSA) is 59.2 Å². The lowest BCUT2D eigenvalue weighted by molar-refractivity contribution is 0.0751. The Balaban J connectivity index is 2.01. The zero-order valence-electron chi connectivity index (χ0n) is 14.4. The number of halogens is 2. The van der Waals surface area contributed by atoms with Crippen molar-refractivity contribution in [2.45, 2.75) is 20.4 Å². The van der Waals surface area contributed by atoms with Crippen molar-refractivity contribution in [3.05, 3.63) is 69.7 Å². The summed E-state index contributed by atoms with van der Waals surface area (Å²) in [4.78, 5) is 18.9. The summed E-state index contributed by atoms with van der Waals surface area (Å²) < 4.78 is 5.30. The van der Waals surface area contributed by atoms with Gasteiger partial charge in [0.1, 0.15) is 17.0 Å². The molecule has 0 unspecified atom stereocenters. The van der Waals surface area contributed by atoms with E-state index in [0.717, 1.165) is 5.56 Å². The average molecular weight is 390 g/mol. The molecule has 0 radical (unpaired) electrons. The summed E-state index contributed by atoms with van der Waals surface area (Å²) in [6.07, 6.45) is 3.40. The third kappa shape index (κ3) is 3.59. The van der Waals surface area contributed by atoms with Gasteiger partial charge in [-0.15, -0.1) is 0 Å². The maximum absolute atomic E-state index is 13.2. The predicted molar refractivity (Wildman–Crippen MR) is 101 cm³/mol. The molecule has 26 heavy (non-hydrogen) atoms. The highest BCUT2D eigenvalue weighted by molar-refractivity contribution is 6.39. The Hall–Kier alpha value is -2.37. The van der Waals surface area contributed by atoms with Gasteiger partial charge in [-0.2, -0.15) is 0 Å². The van der Waals surface area contributed by atoms with E-state index in [1.807, 2.05) is 19.1 Å². The van der Waals surface area contributed by atoms with E-state index in [9.17, 15) is 4.79 Å². The van der Waals surface area contributed by atoms with Crippen LogP contribution in [0.4, 0.5) is 0 Å². The number of hydrogen-bond acceptors (Lipinski definition) is 4. The van der Waals surface area contributed by atoms with Crippen molar-refractivity contribution < 1.29 is 9.32 Å². The molecule has 1 amide bonds. The molecule has 1 aromatic carbocycles. The Morgan fingerprint density at radius 3 is 2.42 bits per heavy atom. The average Bonchev–Trinajstić information content (AvgIpc) is 3.01. The molecule has 0 saturated heterocycles. The van der Waals surface area contributed by atoms with E-state index in [1.54, 1.807) is 42.4 Å². The summed E-state index contributed by atoms with van der Waals surface area (Å²) in [6, 6.07) is 8.90. The van der Waals surface area contributed by atoms with Gasteiger partial charge in [0, 0.05) is 31.0 Å². The minimum Gasteiger partial charge on any atom is -0.360 e. The number of amides is 1. The summed E-state index contributed by atoms with van der Waals surface area (Å²) in [5.74, 6) is 0.239. The molecule has 134 valence electrons. The number of pyridine rings is 1. The van der Waals surface area contributed by atoms with Gasteiger partial charge >= 0.3 is 0 Å². The normalized spacial score (nSPS) is 10.8. The molecule has 7 heteroatoms. The quantitative estimate of drug-likeness (QED) is 0.614. The van der Waals surface area contributed by atoms with Crippen molar-refractivity contribution >= 4 is 29.1 Å². The molecule has 3 aromatic rings. The van der Waals surface area contributed by atoms with Gasteiger partial charge in [-0.3, -0.25) is 9.78 Å². The molecule has 0 spiro atoms. The van der Waals surface area contributed by atoms with Crippen LogP contribution in [0.15, 0.2) is 47.2 Å². The van der Waals surface area contributed by atoms with Gasteiger partial charge in [0.25, 0.3) is 5.91 Å². The van der Waals surface area contributed by atoms with Crippen LogP contribution in [-0.2, 0) is 6.54 Å². The molecule has 5 nitrogen and oxygen atoms in total. The first-order valence-corrected chi connectivity index (χ1v) is 8.87. The highest BCUT2D eigenvalue weighted by atomic mass is 35.5. The SMILES string of the molecule is CCN(Cc1ccncc1)C(=O)c1c(-c2c(Cl)cccc2Cl)noc1C. The number of rotatable bonds is 5. The third-order valence-electron chi connectivity index (χ3n) is 4.07. The van der Waals surface area contributed by atoms with Gasteiger partial charge in [-0.1, -0.05) is 34.4 Å². The van der Waals surface area contributed by atoms with Crippen LogP contribution >= 0.6 is 23.2 Å². The van der Waals surface area contributed by atoms with Crippen LogP contribution in [0.5, 0.6) is 0 Å². The Morgan fingerprint density at radius 1 is 1.15 bits per heavy atom. The third-order valence-corrected chi connectivity index (χ3v) is 4.70. The van der Waals surface area contributed by atoms with Crippen molar-refractivity contribution in [2.24, 2.45) is 0 Å². The van der Waals surface area contributed by atoms with Crippen LogP contribution in [0.25, 0.3) is 11.3 Å². The molecule has 3 rings (SSSR count). The van der Waals surface area contributed by atoms with Crippen molar-refractivity contribution in [3.8, 4) is 11.3 Å². The second-order valence-electron chi connectivity index (χ2n) is 5.73. The van der Waals surface area contributed by atoms with Crippen LogP contribution in [0.3, 0.4) is 0 Å². The Morgan fingerprint density at radius 2 is 1.81 bits per heavy atom. The lowest BCUT2D eigenvalue weighted by Gasteiger charge is -2.21. The molecule has 0 aliphatic carbocycles. The molecule has 0 saturated carbocycles. The summed E-state index contributed by atoms with van der Waals surface area (Å²) in [7, 11) is 0. The Bertz CT molecular complexity index is 906. The van der Waals surface area contributed by atoms with E-state index in [2.05, 4.69) is 10.1 Å². The molecule has 0 N–H and O–H groups in total. The van der Waals surface area contributed by atoms with Crippen LogP contribution in [0.1, 0.15) is 28.6 Å². The number of nitrogens with zero attached hydrogens (tertiary/aromatic N) is 3. The van der Waals surface area contributed by atoms with Crippen molar-refractivity contribution in [3.63, 3.8) is 0 Å². The van der Waals surface area contributed by atoms with Crippen LogP contribution in [-0.4, -0.2) is 27.5 Å². The van der Waals surface area contributed by atoms with E-state index < -0.39 is 0 Å². The highest BCUT2D eigenvalue weighted by Crippen LogP contribution is 2.37. The minimum absolute atomic E-state index is 0.186. The van der Waals surface area contributed by atoms with E-state index in [4.69, 9.17) is 27.7 Å². The lowest BCUT2D eigenvalue weighted by atomic mass is 10.0. The van der Waals surface area contributed by atoms with Crippen LogP contribution in [0, 0.1) is 6.92 Å². The first-order chi connectivity index (χ1) is 12.5. The first-order valence-electron chi connectivity index (χ1n) is 8.11. The number of carbonyl (C=O) groups is 1. The van der Waals surface area contributed by atoms with E-state index >= 15 is 0 Å². The van der Waals surface area contributed by atoms with Crippen molar-refractivity contribution in [1.29, 1.82) is 0 Å². The zero-order chi connectivity index (χ0) is 18.7.